The van der Waals surface area contributed by atoms with E-state index in [1.54, 1.807) is 0 Å². The molecule has 6 N–H and O–H groups in total. The maximum atomic E-state index is 12.9. The van der Waals surface area contributed by atoms with E-state index in [0.29, 0.717) is 12.8 Å². The van der Waals surface area contributed by atoms with Crippen LogP contribution in [0.2, 0.25) is 0 Å². The summed E-state index contributed by atoms with van der Waals surface area (Å²) in [7, 11) is -10.9. The molecule has 0 radical (unpaired) electrons. The van der Waals surface area contributed by atoms with Gasteiger partial charge in [0.25, 0.3) is 0 Å². The molecule has 1 aromatic heterocycles. The highest BCUT2D eigenvalue weighted by atomic mass is 31.3. The first-order valence-corrected chi connectivity index (χ1v) is 28.3. The van der Waals surface area contributed by atoms with E-state index < -0.39 is 83.7 Å². The number of nitrogen functional groups attached to an aromatic ring is 1. The van der Waals surface area contributed by atoms with E-state index in [2.05, 4.69) is 83.9 Å². The third-order valence-corrected chi connectivity index (χ3v) is 13.7. The Morgan fingerprint density at radius 3 is 1.77 bits per heavy atom. The number of nitrogens with two attached hydrogens (primary N) is 1. The van der Waals surface area contributed by atoms with Gasteiger partial charge in [-0.25, -0.2) is 13.9 Å². The summed E-state index contributed by atoms with van der Waals surface area (Å²) in [6.45, 7) is 2.00. The monoisotopic (exact) mass is 1030 g/mol. The van der Waals surface area contributed by atoms with E-state index in [-0.39, 0.29) is 18.7 Å². The van der Waals surface area contributed by atoms with Gasteiger partial charge in [0.15, 0.2) is 12.3 Å². The van der Waals surface area contributed by atoms with Crippen LogP contribution < -0.4 is 11.4 Å². The first-order valence-electron chi connectivity index (χ1n) is 25.3. The lowest BCUT2D eigenvalue weighted by molar-refractivity contribution is -0.161. The largest absolute Gasteiger partial charge is 0.481 e. The summed E-state index contributed by atoms with van der Waals surface area (Å²) >= 11 is 0. The molecule has 0 spiro atoms. The fourth-order valence-electron chi connectivity index (χ4n) is 7.18. The van der Waals surface area contributed by atoms with E-state index in [0.717, 1.165) is 101 Å². The summed E-state index contributed by atoms with van der Waals surface area (Å²) in [5, 5.41) is 20.9. The Morgan fingerprint density at radius 2 is 1.20 bits per heavy atom. The number of unbranched alkanes of at least 4 members (excludes halogenated alkanes) is 15. The Balaban J connectivity index is 1.82. The predicted octanol–water partition coefficient (Wildman–Crippen LogP) is 10.3. The second-order valence-electron chi connectivity index (χ2n) is 17.3. The SMILES string of the molecule is CCC=CCC=CCC=CCC=CCCCCCCC(=O)OC(COC(=O)CCCCCCCC=CCCCCCCCC)COP(=O)(O)OP(=O)(O)OCC1OC(n2ccc(N)nc2=O)C(O)C1O. The smallest absolute Gasteiger partial charge is 0.462 e. The van der Waals surface area contributed by atoms with Crippen molar-refractivity contribution in [2.75, 3.05) is 25.6 Å². The molecule has 398 valence electrons. The van der Waals surface area contributed by atoms with Gasteiger partial charge in [0.1, 0.15) is 30.7 Å². The number of nitrogens with zero attached hydrogens (tertiary/aromatic N) is 2. The van der Waals surface area contributed by atoms with Gasteiger partial charge in [0.05, 0.1) is 13.2 Å². The second-order valence-corrected chi connectivity index (χ2v) is 20.3. The first kappa shape index (κ1) is 62.6. The summed E-state index contributed by atoms with van der Waals surface area (Å²) in [5.74, 6) is -1.34. The van der Waals surface area contributed by atoms with Crippen LogP contribution in [-0.4, -0.2) is 85.7 Å². The molecule has 0 aromatic carbocycles. The number of hydrogen-bond acceptors (Lipinski definition) is 15. The fraction of sp³-hybridized carbons (Fsp3) is 0.680. The van der Waals surface area contributed by atoms with Crippen LogP contribution in [0.4, 0.5) is 5.82 Å². The van der Waals surface area contributed by atoms with Crippen molar-refractivity contribution < 1.29 is 66.3 Å². The van der Waals surface area contributed by atoms with Gasteiger partial charge in [-0.1, -0.05) is 139 Å². The molecule has 1 fully saturated rings. The van der Waals surface area contributed by atoms with Crippen molar-refractivity contribution in [2.24, 2.45) is 0 Å². The maximum Gasteiger partial charge on any atom is 0.481 e. The molecule has 20 heteroatoms. The molecule has 18 nitrogen and oxygen atoms in total. The van der Waals surface area contributed by atoms with Crippen molar-refractivity contribution in [3.8, 4) is 0 Å². The zero-order valence-corrected chi connectivity index (χ0v) is 43.3. The van der Waals surface area contributed by atoms with Gasteiger partial charge in [0.2, 0.25) is 0 Å². The molecule has 1 aromatic rings. The minimum Gasteiger partial charge on any atom is -0.462 e. The van der Waals surface area contributed by atoms with E-state index in [1.165, 1.54) is 44.6 Å². The summed E-state index contributed by atoms with van der Waals surface area (Å²) in [6.07, 6.45) is 37.3. The summed E-state index contributed by atoms with van der Waals surface area (Å²) in [6, 6.07) is 1.25. The molecule has 2 rings (SSSR count). The molecule has 0 bridgehead atoms. The van der Waals surface area contributed by atoms with E-state index >= 15 is 0 Å². The lowest BCUT2D eigenvalue weighted by Gasteiger charge is -2.21. The number of carbonyl (C=O) groups excluding carboxylic acids is 2. The molecule has 70 heavy (non-hydrogen) atoms. The molecule has 7 unspecified atom stereocenters. The van der Waals surface area contributed by atoms with Gasteiger partial charge in [-0.3, -0.25) is 23.2 Å². The van der Waals surface area contributed by atoms with Crippen LogP contribution in [-0.2, 0) is 46.3 Å². The number of aromatic nitrogens is 2. The van der Waals surface area contributed by atoms with Crippen LogP contribution in [0, 0.1) is 0 Å². The standard InChI is InChI=1S/C50H83N3O15P2/c1-3-5-7-9-11-13-15-17-19-20-22-24-26-28-30-32-34-36-46(55)66-42(39-63-45(54)35-33-31-29-27-25-23-21-18-16-14-12-10-8-6-4-2)40-64-69(59,60)68-70(61,62)65-41-43-47(56)48(57)49(67-43)53-38-37-44(51)52-50(53)58/h5,7,11,13,17-19,21-22,24,37-38,42-43,47-49,56-57H,3-4,6,8-10,12,14-16,20,23,25-36,39-41H2,1-2H3,(H,59,60)(H,61,62)(H2,51,52,58). The predicted molar refractivity (Wildman–Crippen MR) is 270 cm³/mol. The second kappa shape index (κ2) is 38.1. The van der Waals surface area contributed by atoms with Crippen LogP contribution >= 0.6 is 15.6 Å². The van der Waals surface area contributed by atoms with Gasteiger partial charge in [-0.15, -0.1) is 0 Å². The molecule has 1 aliphatic heterocycles. The van der Waals surface area contributed by atoms with Gasteiger partial charge in [-0.2, -0.15) is 9.29 Å². The van der Waals surface area contributed by atoms with Crippen molar-refractivity contribution in [2.45, 2.75) is 199 Å². The van der Waals surface area contributed by atoms with Crippen LogP contribution in [0.25, 0.3) is 0 Å². The summed E-state index contributed by atoms with van der Waals surface area (Å²) < 4.78 is 56.8. The molecular weight excluding hydrogens is 945 g/mol. The molecule has 7 atom stereocenters. The average Bonchev–Trinajstić information content (AvgIpc) is 3.59. The zero-order valence-electron chi connectivity index (χ0n) is 41.6. The highest BCUT2D eigenvalue weighted by Crippen LogP contribution is 2.60. The van der Waals surface area contributed by atoms with Gasteiger partial charge < -0.3 is 39.9 Å². The Labute approximate surface area is 415 Å². The van der Waals surface area contributed by atoms with E-state index in [9.17, 15) is 43.5 Å². The highest BCUT2D eigenvalue weighted by Gasteiger charge is 2.46. The molecular formula is C50H83N3O15P2. The average molecular weight is 1030 g/mol. The van der Waals surface area contributed by atoms with Crippen molar-refractivity contribution >= 4 is 33.4 Å². The number of aliphatic hydroxyl groups excluding tert-OH is 2. The molecule has 1 aliphatic rings. The van der Waals surface area contributed by atoms with Crippen molar-refractivity contribution in [3.63, 3.8) is 0 Å². The quantitative estimate of drug-likeness (QED) is 0.0177. The van der Waals surface area contributed by atoms with E-state index in [1.807, 2.05) is 0 Å². The van der Waals surface area contributed by atoms with Gasteiger partial charge in [0, 0.05) is 19.0 Å². The zero-order chi connectivity index (χ0) is 51.3. The maximum absolute atomic E-state index is 12.9. The topological polar surface area (TPSA) is 265 Å². The summed E-state index contributed by atoms with van der Waals surface area (Å²) in [4.78, 5) is 61.9. The minimum absolute atomic E-state index is 0.0183. The van der Waals surface area contributed by atoms with Crippen LogP contribution in [0.15, 0.2) is 77.8 Å². The molecule has 0 saturated carbocycles. The molecule has 2 heterocycles. The Bertz CT molecular complexity index is 1910. The Kier molecular flexibility index (Phi) is 34.1. The molecule has 1 saturated heterocycles. The number of ether oxygens (including phenoxy) is 3. The normalized spacial score (nSPS) is 19.7. The van der Waals surface area contributed by atoms with Crippen LogP contribution in [0.5, 0.6) is 0 Å². The Hall–Kier alpha value is -3.54. The summed E-state index contributed by atoms with van der Waals surface area (Å²) in [5.41, 5.74) is 4.58. The first-order chi connectivity index (χ1) is 33.7. The van der Waals surface area contributed by atoms with Crippen molar-refractivity contribution in [1.29, 1.82) is 0 Å². The Morgan fingerprint density at radius 1 is 0.700 bits per heavy atom. The lowest BCUT2D eigenvalue weighted by Crippen LogP contribution is -2.36. The van der Waals surface area contributed by atoms with Crippen molar-refractivity contribution in [1.82, 2.24) is 9.55 Å². The number of aliphatic hydroxyl groups is 2. The number of carbonyl (C=O) groups is 2. The fourth-order valence-corrected chi connectivity index (χ4v) is 9.29. The van der Waals surface area contributed by atoms with Crippen LogP contribution in [0.1, 0.15) is 174 Å². The number of esters is 2. The highest BCUT2D eigenvalue weighted by molar-refractivity contribution is 7.61. The number of allylic oxidation sites excluding steroid dienone is 10. The van der Waals surface area contributed by atoms with Gasteiger partial charge >= 0.3 is 33.3 Å². The third kappa shape index (κ3) is 30.4. The number of rotatable bonds is 41. The minimum atomic E-state index is -5.43. The number of anilines is 1. The number of hydrogen-bond donors (Lipinski definition) is 5. The van der Waals surface area contributed by atoms with Crippen molar-refractivity contribution in [3.05, 3.63) is 83.5 Å². The number of phosphoric ester groups is 2. The van der Waals surface area contributed by atoms with Gasteiger partial charge in [-0.05, 0) is 83.1 Å². The molecule has 0 aliphatic carbocycles. The van der Waals surface area contributed by atoms with Crippen LogP contribution in [0.3, 0.4) is 0 Å². The molecule has 0 amide bonds. The van der Waals surface area contributed by atoms with E-state index in [4.69, 9.17) is 29.0 Å². The number of phosphoric acid groups is 2. The third-order valence-electron chi connectivity index (χ3n) is 11.1. The lowest BCUT2D eigenvalue weighted by atomic mass is 10.1.